The molecule has 0 spiro atoms. The summed E-state index contributed by atoms with van der Waals surface area (Å²) in [5.74, 6) is -0.658. The Kier molecular flexibility index (Phi) is 5.71. The summed E-state index contributed by atoms with van der Waals surface area (Å²) in [4.78, 5) is 23.8. The topological polar surface area (TPSA) is 78.4 Å². The Morgan fingerprint density at radius 3 is 2.21 bits per heavy atom. The first-order chi connectivity index (χ1) is 11.4. The van der Waals surface area contributed by atoms with Crippen molar-refractivity contribution in [2.45, 2.75) is 26.7 Å². The van der Waals surface area contributed by atoms with E-state index >= 15 is 0 Å². The second kappa shape index (κ2) is 7.75. The third kappa shape index (κ3) is 4.67. The first kappa shape index (κ1) is 17.7. The van der Waals surface area contributed by atoms with Crippen molar-refractivity contribution in [2.75, 3.05) is 5.32 Å². The second-order valence-corrected chi connectivity index (χ2v) is 6.34. The molecule has 0 saturated carbocycles. The van der Waals surface area contributed by atoms with Gasteiger partial charge in [-0.1, -0.05) is 44.2 Å². The molecule has 2 aromatic rings. The van der Waals surface area contributed by atoms with Gasteiger partial charge in [0.15, 0.2) is 0 Å². The Morgan fingerprint density at radius 1 is 1.00 bits per heavy atom. The lowest BCUT2D eigenvalue weighted by molar-refractivity contribution is -0.124. The van der Waals surface area contributed by atoms with Crippen molar-refractivity contribution in [1.82, 2.24) is 5.48 Å². The number of carbonyl (C=O) groups is 2. The van der Waals surface area contributed by atoms with Crippen LogP contribution in [0.5, 0.6) is 0 Å². The summed E-state index contributed by atoms with van der Waals surface area (Å²) in [6.07, 6.45) is 1.56. The number of carbonyl (C=O) groups excluding carboxylic acids is 2. The highest BCUT2D eigenvalue weighted by Crippen LogP contribution is 2.25. The van der Waals surface area contributed by atoms with Gasteiger partial charge in [0.1, 0.15) is 0 Å². The highest BCUT2D eigenvalue weighted by Gasteiger charge is 2.27. The first-order valence-electron chi connectivity index (χ1n) is 7.82. The maximum Gasteiger partial charge on any atom is 0.274 e. The van der Waals surface area contributed by atoms with E-state index in [0.29, 0.717) is 11.3 Å². The molecule has 0 aliphatic rings. The molecule has 5 nitrogen and oxygen atoms in total. The maximum absolute atomic E-state index is 12.5. The number of hydroxylamine groups is 1. The van der Waals surface area contributed by atoms with E-state index in [-0.39, 0.29) is 5.91 Å². The van der Waals surface area contributed by atoms with E-state index in [0.717, 1.165) is 12.8 Å². The van der Waals surface area contributed by atoms with Gasteiger partial charge in [0.2, 0.25) is 5.91 Å². The summed E-state index contributed by atoms with van der Waals surface area (Å²) in [6, 6.07) is 16.4. The lowest BCUT2D eigenvalue weighted by Crippen LogP contribution is -2.31. The number of nitrogens with one attached hydrogen (secondary N) is 2. The largest absolute Gasteiger partial charge is 0.326 e. The van der Waals surface area contributed by atoms with Crippen LogP contribution in [0.2, 0.25) is 0 Å². The van der Waals surface area contributed by atoms with Gasteiger partial charge >= 0.3 is 0 Å². The van der Waals surface area contributed by atoms with Crippen LogP contribution in [0.4, 0.5) is 5.69 Å². The summed E-state index contributed by atoms with van der Waals surface area (Å²) >= 11 is 0. The molecule has 2 aromatic carbocycles. The molecule has 0 fully saturated rings. The number of hydrogen-bond acceptors (Lipinski definition) is 3. The van der Waals surface area contributed by atoms with Gasteiger partial charge in [-0.3, -0.25) is 14.8 Å². The fourth-order valence-corrected chi connectivity index (χ4v) is 2.28. The van der Waals surface area contributed by atoms with E-state index in [1.807, 2.05) is 32.0 Å². The summed E-state index contributed by atoms with van der Waals surface area (Å²) < 4.78 is 0. The van der Waals surface area contributed by atoms with Crippen molar-refractivity contribution < 1.29 is 14.8 Å². The standard InChI is InChI=1S/C19H22N2O3/c1-19(2,13-12-14-6-4-3-5-7-14)18(23)20-16-10-8-15(9-11-16)17(22)21-24/h3-11,24H,12-13H2,1-2H3,(H,20,23)(H,21,22). The minimum absolute atomic E-state index is 0.0715. The van der Waals surface area contributed by atoms with Crippen molar-refractivity contribution in [1.29, 1.82) is 0 Å². The number of anilines is 1. The summed E-state index contributed by atoms with van der Waals surface area (Å²) in [6.45, 7) is 3.83. The van der Waals surface area contributed by atoms with Crippen LogP contribution in [0.3, 0.4) is 0 Å². The van der Waals surface area contributed by atoms with Gasteiger partial charge in [0.25, 0.3) is 5.91 Å². The Morgan fingerprint density at radius 2 is 1.62 bits per heavy atom. The lowest BCUT2D eigenvalue weighted by atomic mass is 9.85. The first-order valence-corrected chi connectivity index (χ1v) is 7.82. The zero-order chi connectivity index (χ0) is 17.6. The second-order valence-electron chi connectivity index (χ2n) is 6.34. The van der Waals surface area contributed by atoms with Crippen molar-refractivity contribution in [3.63, 3.8) is 0 Å². The molecule has 3 N–H and O–H groups in total. The number of amides is 2. The van der Waals surface area contributed by atoms with Crippen LogP contribution in [0.25, 0.3) is 0 Å². The van der Waals surface area contributed by atoms with Crippen molar-refractivity contribution in [2.24, 2.45) is 5.41 Å². The van der Waals surface area contributed by atoms with Crippen molar-refractivity contribution in [3.05, 3.63) is 65.7 Å². The SMILES string of the molecule is CC(C)(CCc1ccccc1)C(=O)Nc1ccc(C(=O)NO)cc1. The normalized spacial score (nSPS) is 11.0. The van der Waals surface area contributed by atoms with Crippen LogP contribution in [-0.4, -0.2) is 17.0 Å². The van der Waals surface area contributed by atoms with Gasteiger partial charge < -0.3 is 5.32 Å². The van der Waals surface area contributed by atoms with Gasteiger partial charge in [-0.05, 0) is 42.7 Å². The Bertz CT molecular complexity index is 694. The summed E-state index contributed by atoms with van der Waals surface area (Å²) in [5.41, 5.74) is 3.19. The van der Waals surface area contributed by atoms with E-state index in [4.69, 9.17) is 5.21 Å². The summed E-state index contributed by atoms with van der Waals surface area (Å²) in [7, 11) is 0. The number of hydrogen-bond donors (Lipinski definition) is 3. The van der Waals surface area contributed by atoms with Gasteiger partial charge in [-0.2, -0.15) is 0 Å². The van der Waals surface area contributed by atoms with Crippen LogP contribution in [0.1, 0.15) is 36.2 Å². The molecule has 2 amide bonds. The predicted molar refractivity (Wildman–Crippen MR) is 92.9 cm³/mol. The Hall–Kier alpha value is -2.66. The fourth-order valence-electron chi connectivity index (χ4n) is 2.28. The smallest absolute Gasteiger partial charge is 0.274 e. The van der Waals surface area contributed by atoms with E-state index < -0.39 is 11.3 Å². The Balaban J connectivity index is 1.95. The molecule has 0 aliphatic heterocycles. The van der Waals surface area contributed by atoms with Crippen LogP contribution < -0.4 is 10.8 Å². The van der Waals surface area contributed by atoms with Crippen LogP contribution in [0, 0.1) is 5.41 Å². The fraction of sp³-hybridized carbons (Fsp3) is 0.263. The molecule has 0 aliphatic carbocycles. The molecule has 0 atom stereocenters. The quantitative estimate of drug-likeness (QED) is 0.562. The maximum atomic E-state index is 12.5. The molecular weight excluding hydrogens is 304 g/mol. The molecule has 0 bridgehead atoms. The molecule has 2 rings (SSSR count). The molecule has 0 heterocycles. The number of benzene rings is 2. The van der Waals surface area contributed by atoms with Gasteiger partial charge in [-0.15, -0.1) is 0 Å². The van der Waals surface area contributed by atoms with E-state index in [1.165, 1.54) is 17.7 Å². The molecule has 126 valence electrons. The average Bonchev–Trinajstić information content (AvgIpc) is 2.61. The zero-order valence-corrected chi connectivity index (χ0v) is 13.9. The van der Waals surface area contributed by atoms with Crippen molar-refractivity contribution >= 4 is 17.5 Å². The third-order valence-corrected chi connectivity index (χ3v) is 4.00. The van der Waals surface area contributed by atoms with E-state index in [1.54, 1.807) is 17.6 Å². The van der Waals surface area contributed by atoms with Gasteiger partial charge in [-0.25, -0.2) is 5.48 Å². The average molecular weight is 326 g/mol. The third-order valence-electron chi connectivity index (χ3n) is 4.00. The van der Waals surface area contributed by atoms with E-state index in [9.17, 15) is 9.59 Å². The minimum Gasteiger partial charge on any atom is -0.326 e. The Labute approximate surface area is 141 Å². The molecule has 24 heavy (non-hydrogen) atoms. The van der Waals surface area contributed by atoms with Crippen molar-refractivity contribution in [3.8, 4) is 0 Å². The highest BCUT2D eigenvalue weighted by atomic mass is 16.5. The molecular formula is C19H22N2O3. The number of rotatable bonds is 6. The minimum atomic E-state index is -0.587. The molecule has 0 unspecified atom stereocenters. The number of aryl methyl sites for hydroxylation is 1. The molecule has 0 aromatic heterocycles. The molecule has 0 radical (unpaired) electrons. The highest BCUT2D eigenvalue weighted by molar-refractivity contribution is 5.96. The zero-order valence-electron chi connectivity index (χ0n) is 13.9. The van der Waals surface area contributed by atoms with Gasteiger partial charge in [0.05, 0.1) is 0 Å². The molecule has 0 saturated heterocycles. The summed E-state index contributed by atoms with van der Waals surface area (Å²) in [5, 5.41) is 11.5. The lowest BCUT2D eigenvalue weighted by Gasteiger charge is -2.23. The van der Waals surface area contributed by atoms with Crippen LogP contribution in [-0.2, 0) is 11.2 Å². The van der Waals surface area contributed by atoms with E-state index in [2.05, 4.69) is 17.4 Å². The van der Waals surface area contributed by atoms with Gasteiger partial charge in [0, 0.05) is 16.7 Å². The predicted octanol–water partition coefficient (Wildman–Crippen LogP) is 3.40. The monoisotopic (exact) mass is 326 g/mol. The van der Waals surface area contributed by atoms with Crippen LogP contribution in [0.15, 0.2) is 54.6 Å². The molecule has 5 heteroatoms. The van der Waals surface area contributed by atoms with Crippen LogP contribution >= 0.6 is 0 Å².